The number of rotatable bonds is 2. The van der Waals surface area contributed by atoms with Crippen LogP contribution in [0.1, 0.15) is 31.1 Å². The van der Waals surface area contributed by atoms with Crippen LogP contribution in [-0.4, -0.2) is 50.8 Å². The van der Waals surface area contributed by atoms with E-state index < -0.39 is 11.1 Å². The van der Waals surface area contributed by atoms with Gasteiger partial charge >= 0.3 is 0 Å². The summed E-state index contributed by atoms with van der Waals surface area (Å²) in [6.45, 7) is 5.10. The number of amides is 1. The minimum absolute atomic E-state index is 0.00305. The predicted octanol–water partition coefficient (Wildman–Crippen LogP) is -2.84. The average molecular weight is 254 g/mol. The van der Waals surface area contributed by atoms with E-state index in [1.165, 1.54) is 0 Å². The maximum Gasteiger partial charge on any atom is 0.229 e. The normalized spacial score (nSPS) is 11.2. The van der Waals surface area contributed by atoms with Crippen LogP contribution in [0.25, 0.3) is 0 Å². The number of carbonyl (C=O) groups excluding carboxylic acids is 2. The molecule has 0 saturated carbocycles. The summed E-state index contributed by atoms with van der Waals surface area (Å²) >= 11 is 0. The summed E-state index contributed by atoms with van der Waals surface area (Å²) in [4.78, 5) is 23.6. The molecule has 0 aromatic heterocycles. The lowest BCUT2D eigenvalue weighted by molar-refractivity contribution is -0.123. The Bertz CT molecular complexity index is 593. The Hall–Kier alpha value is -1.32. The average Bonchev–Trinajstić information content (AvgIpc) is 2.31. The number of anilines is 1. The zero-order chi connectivity index (χ0) is 15.8. The number of nitrogens with one attached hydrogen (secondary N) is 1. The van der Waals surface area contributed by atoms with Crippen LogP contribution in [0, 0.1) is 5.41 Å². The van der Waals surface area contributed by atoms with E-state index in [1.807, 2.05) is 0 Å². The number of hydrogen-bond acceptors (Lipinski definition) is 2. The molecule has 0 aliphatic carbocycles. The van der Waals surface area contributed by atoms with Crippen molar-refractivity contribution in [3.63, 3.8) is 0 Å². The van der Waals surface area contributed by atoms with E-state index in [0.29, 0.717) is 0 Å². The second kappa shape index (κ2) is 5.59. The first-order valence-corrected chi connectivity index (χ1v) is 5.85. The van der Waals surface area contributed by atoms with Crippen LogP contribution in [-0.2, 0) is 4.79 Å². The van der Waals surface area contributed by atoms with Crippen LogP contribution >= 0.6 is 0 Å². The lowest BCUT2D eigenvalue weighted by Gasteiger charge is -2.25. The highest BCUT2D eigenvalue weighted by Gasteiger charge is 2.24. The Morgan fingerprint density at radius 3 is 1.75 bits per heavy atom. The zero-order valence-corrected chi connectivity index (χ0v) is 11.7. The zero-order valence-electron chi connectivity index (χ0n) is 11.7. The van der Waals surface area contributed by atoms with E-state index in [1.54, 1.807) is 20.8 Å². The predicted molar refractivity (Wildman–Crippen MR) is 86.2 cm³/mol. The van der Waals surface area contributed by atoms with Crippen LogP contribution < -0.4 is 27.2 Å². The number of benzene rings is 1. The van der Waals surface area contributed by atoms with Gasteiger partial charge in [-0.3, -0.25) is 4.79 Å². The number of carbonyl (C=O) groups is 2. The molecule has 0 unspecified atom stereocenters. The van der Waals surface area contributed by atoms with E-state index in [9.17, 15) is 9.59 Å². The lowest BCUT2D eigenvalue weighted by Crippen LogP contribution is -2.51. The minimum atomic E-state index is -0.856. The SMILES string of the molecule is [B]C(=O)c1c([B])c([B])c([B])c([B])c1NC(=O)C(C)(C)C. The van der Waals surface area contributed by atoms with Gasteiger partial charge in [-0.15, -0.1) is 10.9 Å². The topological polar surface area (TPSA) is 46.2 Å². The number of hydrogen-bond donors (Lipinski definition) is 1. The molecule has 1 amide bonds. The van der Waals surface area contributed by atoms with Gasteiger partial charge < -0.3 is 10.1 Å². The first-order chi connectivity index (χ1) is 8.98. The second-order valence-electron chi connectivity index (χ2n) is 5.47. The molecule has 90 valence electrons. The van der Waals surface area contributed by atoms with Gasteiger partial charge in [0.25, 0.3) is 0 Å². The largest absolute Gasteiger partial charge is 0.326 e. The van der Waals surface area contributed by atoms with Crippen LogP contribution in [0.4, 0.5) is 5.69 Å². The highest BCUT2D eigenvalue weighted by Crippen LogP contribution is 2.17. The molecule has 8 heteroatoms. The molecule has 0 aliphatic rings. The molecule has 20 heavy (non-hydrogen) atoms. The van der Waals surface area contributed by atoms with Crippen molar-refractivity contribution >= 4 is 78.4 Å². The monoisotopic (exact) mass is 255 g/mol. The van der Waals surface area contributed by atoms with Crippen LogP contribution in [0.3, 0.4) is 0 Å². The Labute approximate surface area is 125 Å². The first kappa shape index (κ1) is 16.7. The fourth-order valence-corrected chi connectivity index (χ4v) is 1.52. The van der Waals surface area contributed by atoms with Crippen LogP contribution in [0.2, 0.25) is 0 Å². The molecule has 1 aromatic carbocycles. The molecular formula is C12H10B5NO2. The standard InChI is InChI=1S/C12H10B5NO2/c1-12(2,3)11(20)18-9-4(10(17)19)5(13)6(14)7(15)8(9)16/h1-3H3,(H,18,20). The second-order valence-corrected chi connectivity index (χ2v) is 5.47. The van der Waals surface area contributed by atoms with Crippen LogP contribution in [0.5, 0.6) is 0 Å². The van der Waals surface area contributed by atoms with Gasteiger partial charge in [-0.1, -0.05) is 31.7 Å². The summed E-state index contributed by atoms with van der Waals surface area (Å²) in [5, 5.41) is 2.53. The van der Waals surface area contributed by atoms with Gasteiger partial charge in [0.1, 0.15) is 37.1 Å². The van der Waals surface area contributed by atoms with Gasteiger partial charge in [-0.05, 0) is 0 Å². The quantitative estimate of drug-likeness (QED) is 0.578. The van der Waals surface area contributed by atoms with Gasteiger partial charge in [0, 0.05) is 16.7 Å². The molecule has 0 heterocycles. The fourth-order valence-electron chi connectivity index (χ4n) is 1.52. The fraction of sp³-hybridized carbons (Fsp3) is 0.333. The minimum Gasteiger partial charge on any atom is -0.326 e. The third-order valence-electron chi connectivity index (χ3n) is 2.83. The molecule has 0 fully saturated rings. The molecule has 0 spiro atoms. The molecule has 1 N–H and O–H groups in total. The Morgan fingerprint density at radius 1 is 0.900 bits per heavy atom. The Balaban J connectivity index is 3.53. The summed E-state index contributed by atoms with van der Waals surface area (Å²) in [6.07, 6.45) is 0. The summed E-state index contributed by atoms with van der Waals surface area (Å²) in [5.74, 6) is -0.365. The van der Waals surface area contributed by atoms with Crippen molar-refractivity contribution in [1.29, 1.82) is 0 Å². The summed E-state index contributed by atoms with van der Waals surface area (Å²) in [5.41, 5.74) is -1.90. The maximum absolute atomic E-state index is 12.0. The van der Waals surface area contributed by atoms with Crippen molar-refractivity contribution < 1.29 is 9.59 Å². The Kier molecular flexibility index (Phi) is 4.68. The van der Waals surface area contributed by atoms with Gasteiger partial charge in [0.2, 0.25) is 5.91 Å². The van der Waals surface area contributed by atoms with Gasteiger partial charge in [0.05, 0.1) is 0 Å². The van der Waals surface area contributed by atoms with E-state index in [4.69, 9.17) is 39.2 Å². The smallest absolute Gasteiger partial charge is 0.229 e. The van der Waals surface area contributed by atoms with E-state index >= 15 is 0 Å². The van der Waals surface area contributed by atoms with Crippen molar-refractivity contribution in [3.05, 3.63) is 5.56 Å². The molecule has 0 bridgehead atoms. The summed E-state index contributed by atoms with van der Waals surface area (Å²) in [7, 11) is 28.2. The van der Waals surface area contributed by atoms with Crippen molar-refractivity contribution in [2.24, 2.45) is 5.41 Å². The molecule has 3 nitrogen and oxygen atoms in total. The van der Waals surface area contributed by atoms with Crippen molar-refractivity contribution in [1.82, 2.24) is 0 Å². The first-order valence-electron chi connectivity index (χ1n) is 5.85. The summed E-state index contributed by atoms with van der Waals surface area (Å²) in [6, 6.07) is 0. The highest BCUT2D eigenvalue weighted by molar-refractivity contribution is 6.70. The van der Waals surface area contributed by atoms with Crippen molar-refractivity contribution in [2.75, 3.05) is 5.32 Å². The lowest BCUT2D eigenvalue weighted by atomic mass is 9.63. The van der Waals surface area contributed by atoms with Gasteiger partial charge in [-0.2, -0.15) is 0 Å². The van der Waals surface area contributed by atoms with E-state index in [2.05, 4.69) is 5.32 Å². The molecule has 0 aliphatic heterocycles. The molecule has 10 radical (unpaired) electrons. The molecular weight excluding hydrogens is 244 g/mol. The molecule has 0 saturated heterocycles. The van der Waals surface area contributed by atoms with Crippen molar-refractivity contribution in [2.45, 2.75) is 20.8 Å². The third-order valence-corrected chi connectivity index (χ3v) is 2.83. The maximum atomic E-state index is 12.0. The van der Waals surface area contributed by atoms with E-state index in [0.717, 1.165) is 0 Å². The van der Waals surface area contributed by atoms with E-state index in [-0.39, 0.29) is 39.0 Å². The van der Waals surface area contributed by atoms with Gasteiger partial charge in [-0.25, -0.2) is 0 Å². The highest BCUT2D eigenvalue weighted by atomic mass is 16.2. The Morgan fingerprint density at radius 2 is 1.35 bits per heavy atom. The molecule has 1 rings (SSSR count). The van der Waals surface area contributed by atoms with Gasteiger partial charge in [0.15, 0.2) is 7.85 Å². The summed E-state index contributed by atoms with van der Waals surface area (Å²) < 4.78 is 0. The third kappa shape index (κ3) is 3.05. The van der Waals surface area contributed by atoms with Crippen LogP contribution in [0.15, 0.2) is 0 Å². The molecule has 0 atom stereocenters. The van der Waals surface area contributed by atoms with Crippen molar-refractivity contribution in [3.8, 4) is 0 Å². The molecule has 1 aromatic rings.